The van der Waals surface area contributed by atoms with Crippen molar-refractivity contribution in [3.05, 3.63) is 59.2 Å². The topological polar surface area (TPSA) is 90.0 Å². The molecule has 11 heteroatoms. The van der Waals surface area contributed by atoms with Gasteiger partial charge < -0.3 is 24.0 Å². The van der Waals surface area contributed by atoms with Gasteiger partial charge in [0.2, 0.25) is 0 Å². The summed E-state index contributed by atoms with van der Waals surface area (Å²) in [4.78, 5) is 17.8. The molecule has 3 heterocycles. The lowest BCUT2D eigenvalue weighted by atomic mass is 9.69. The average molecular weight is 528 g/mol. The van der Waals surface area contributed by atoms with Gasteiger partial charge in [0.05, 0.1) is 11.2 Å². The molecule has 193 valence electrons. The van der Waals surface area contributed by atoms with Crippen LogP contribution >= 0.6 is 11.6 Å². The molecule has 1 fully saturated rings. The van der Waals surface area contributed by atoms with Crippen LogP contribution < -0.4 is 4.72 Å². The van der Waals surface area contributed by atoms with E-state index in [1.165, 1.54) is 4.72 Å². The van der Waals surface area contributed by atoms with Crippen LogP contribution in [-0.2, 0) is 11.3 Å². The maximum absolute atomic E-state index is 10.7. The summed E-state index contributed by atoms with van der Waals surface area (Å²) in [5.41, 5.74) is 2.64. The summed E-state index contributed by atoms with van der Waals surface area (Å²) in [6.07, 6.45) is 5.58. The van der Waals surface area contributed by atoms with Crippen LogP contribution in [0.25, 0.3) is 33.1 Å². The molecule has 5 rings (SSSR count). The molecule has 1 radical (unpaired) electrons. The van der Waals surface area contributed by atoms with E-state index in [0.717, 1.165) is 72.5 Å². The van der Waals surface area contributed by atoms with E-state index in [-0.39, 0.29) is 0 Å². The van der Waals surface area contributed by atoms with Crippen molar-refractivity contribution >= 4 is 66.7 Å². The molecule has 0 bridgehead atoms. The molecule has 38 heavy (non-hydrogen) atoms. The SMILES string of the molecule is CB(O)N(B(C)O)c1ncc(-c2cc3ccccc3o2)c2cc(CN3CCC(C[B]C=O)CC3)cc(Cl)c12. The summed E-state index contributed by atoms with van der Waals surface area (Å²) in [5, 5.41) is 23.9. The lowest BCUT2D eigenvalue weighted by Gasteiger charge is -2.32. The number of para-hydroxylation sites is 1. The Balaban J connectivity index is 1.57. The molecule has 2 N–H and O–H groups in total. The first-order valence-electron chi connectivity index (χ1n) is 13.1. The zero-order valence-corrected chi connectivity index (χ0v) is 22.4. The second-order valence-corrected chi connectivity index (χ2v) is 10.5. The number of hydrogen-bond acceptors (Lipinski definition) is 7. The van der Waals surface area contributed by atoms with E-state index in [1.54, 1.807) is 27.1 Å². The third kappa shape index (κ3) is 5.50. The summed E-state index contributed by atoms with van der Waals surface area (Å²) in [6.45, 7) is 5.84. The number of rotatable bonds is 9. The van der Waals surface area contributed by atoms with Crippen LogP contribution in [0.4, 0.5) is 5.82 Å². The summed E-state index contributed by atoms with van der Waals surface area (Å²) in [7, 11) is -0.231. The van der Waals surface area contributed by atoms with Gasteiger partial charge in [-0.15, -0.1) is 0 Å². The predicted octanol–water partition coefficient (Wildman–Crippen LogP) is 4.85. The molecular weight excluding hydrogens is 498 g/mol. The first-order chi connectivity index (χ1) is 18.4. The van der Waals surface area contributed by atoms with Gasteiger partial charge in [-0.2, -0.15) is 0 Å². The van der Waals surface area contributed by atoms with Gasteiger partial charge in [0.15, 0.2) is 7.28 Å². The van der Waals surface area contributed by atoms with Crippen LogP contribution in [0, 0.1) is 5.92 Å². The van der Waals surface area contributed by atoms with Crippen molar-refractivity contribution in [1.29, 1.82) is 0 Å². The molecule has 0 saturated carbocycles. The molecule has 1 aliphatic rings. The zero-order chi connectivity index (χ0) is 26.8. The Morgan fingerprint density at radius 1 is 1.18 bits per heavy atom. The van der Waals surface area contributed by atoms with Crippen LogP contribution in [0.3, 0.4) is 0 Å². The quantitative estimate of drug-likeness (QED) is 0.237. The number of anilines is 1. The van der Waals surface area contributed by atoms with Gasteiger partial charge in [0.25, 0.3) is 0 Å². The van der Waals surface area contributed by atoms with Gasteiger partial charge >= 0.3 is 14.1 Å². The molecule has 2 aromatic heterocycles. The fraction of sp³-hybridized carbons (Fsp3) is 0.333. The number of furan rings is 1. The number of carbonyl (C=O) groups excluding carboxylic acids is 1. The number of nitrogens with zero attached hydrogens (tertiary/aromatic N) is 3. The molecule has 0 spiro atoms. The number of aromatic nitrogens is 1. The number of likely N-dealkylation sites (tertiary alicyclic amines) is 1. The number of fused-ring (bicyclic) bond motifs is 2. The lowest BCUT2D eigenvalue weighted by Crippen LogP contribution is -2.47. The van der Waals surface area contributed by atoms with Crippen LogP contribution in [0.1, 0.15) is 18.4 Å². The highest BCUT2D eigenvalue weighted by Gasteiger charge is 2.29. The Bertz CT molecular complexity index is 1400. The Morgan fingerprint density at radius 2 is 1.92 bits per heavy atom. The molecule has 0 aliphatic carbocycles. The van der Waals surface area contributed by atoms with E-state index in [1.807, 2.05) is 36.4 Å². The molecule has 1 aliphatic heterocycles. The van der Waals surface area contributed by atoms with Gasteiger partial charge in [-0.3, -0.25) is 4.90 Å². The van der Waals surface area contributed by atoms with E-state index in [2.05, 4.69) is 16.0 Å². The molecule has 4 aromatic rings. The van der Waals surface area contributed by atoms with Crippen molar-refractivity contribution < 1.29 is 19.3 Å². The fourth-order valence-corrected chi connectivity index (χ4v) is 5.84. The number of piperidine rings is 1. The zero-order valence-electron chi connectivity index (χ0n) is 21.7. The average Bonchev–Trinajstić information content (AvgIpc) is 3.32. The number of carbonyl (C=O) groups is 1. The number of benzene rings is 2. The van der Waals surface area contributed by atoms with E-state index >= 15 is 0 Å². The maximum atomic E-state index is 10.7. The highest BCUT2D eigenvalue weighted by Crippen LogP contribution is 2.40. The Morgan fingerprint density at radius 3 is 2.61 bits per heavy atom. The molecule has 0 atom stereocenters. The maximum Gasteiger partial charge on any atom is 0.399 e. The minimum absolute atomic E-state index is 0.411. The minimum Gasteiger partial charge on any atom is -0.456 e. The van der Waals surface area contributed by atoms with Crippen LogP contribution in [0.5, 0.6) is 0 Å². The number of hydrogen-bond donors (Lipinski definition) is 2. The molecule has 0 unspecified atom stereocenters. The Labute approximate surface area is 229 Å². The second kappa shape index (κ2) is 11.5. The van der Waals surface area contributed by atoms with Gasteiger partial charge in [0.1, 0.15) is 17.2 Å². The van der Waals surface area contributed by atoms with Crippen molar-refractivity contribution in [3.8, 4) is 11.3 Å². The first-order valence-corrected chi connectivity index (χ1v) is 13.5. The first kappa shape index (κ1) is 26.8. The molecular formula is C27H30B3ClN3O4. The third-order valence-corrected chi connectivity index (χ3v) is 7.70. The van der Waals surface area contributed by atoms with Crippen molar-refractivity contribution in [2.24, 2.45) is 5.92 Å². The summed E-state index contributed by atoms with van der Waals surface area (Å²) >= 11 is 6.94. The van der Waals surface area contributed by atoms with Crippen molar-refractivity contribution in [1.82, 2.24) is 9.88 Å². The van der Waals surface area contributed by atoms with Gasteiger partial charge in [-0.25, -0.2) is 4.98 Å². The van der Waals surface area contributed by atoms with Crippen LogP contribution in [0.15, 0.2) is 53.1 Å². The van der Waals surface area contributed by atoms with E-state index < -0.39 is 14.1 Å². The van der Waals surface area contributed by atoms with Gasteiger partial charge in [0, 0.05) is 29.1 Å². The number of halogens is 1. The highest BCUT2D eigenvalue weighted by molar-refractivity contribution is 6.75. The number of pyridine rings is 1. The van der Waals surface area contributed by atoms with E-state index in [4.69, 9.17) is 16.0 Å². The van der Waals surface area contributed by atoms with Crippen molar-refractivity contribution in [2.75, 3.05) is 17.8 Å². The van der Waals surface area contributed by atoms with Gasteiger partial charge in [-0.05, 0) is 80.7 Å². The monoisotopic (exact) mass is 528 g/mol. The lowest BCUT2D eigenvalue weighted by molar-refractivity contribution is 0.185. The fourth-order valence-electron chi connectivity index (χ4n) is 5.51. The Kier molecular flexibility index (Phi) is 8.14. The largest absolute Gasteiger partial charge is 0.456 e. The van der Waals surface area contributed by atoms with Crippen LogP contribution in [0.2, 0.25) is 25.0 Å². The van der Waals surface area contributed by atoms with Crippen molar-refractivity contribution in [2.45, 2.75) is 39.4 Å². The molecule has 0 amide bonds. The van der Waals surface area contributed by atoms with Crippen LogP contribution in [-0.4, -0.2) is 60.6 Å². The smallest absolute Gasteiger partial charge is 0.399 e. The normalized spacial score (nSPS) is 14.7. The molecule has 1 saturated heterocycles. The molecule has 7 nitrogen and oxygen atoms in total. The standard InChI is InChI=1S/C27H30B3ClN3O4/c1-29(36)34(30(2)37)27-26-21(22(15-32-27)25-13-20-5-3-4-6-24(20)38-25)11-19(12-23(26)31)16-33-9-7-18(8-10-33)14-28-17-35/h3-6,11-13,15,17-18,36-37H,7-10,14,16H2,1-2H3. The summed E-state index contributed by atoms with van der Waals surface area (Å²) in [5.74, 6) is 1.64. The Hall–Kier alpha value is -2.78. The third-order valence-electron chi connectivity index (χ3n) is 7.40. The predicted molar refractivity (Wildman–Crippen MR) is 157 cm³/mol. The summed E-state index contributed by atoms with van der Waals surface area (Å²) in [6, 6.07) is 13.9. The molecule has 2 aromatic carbocycles. The second-order valence-electron chi connectivity index (χ2n) is 10.1. The van der Waals surface area contributed by atoms with Gasteiger partial charge in [-0.1, -0.05) is 36.1 Å². The minimum atomic E-state index is -0.976. The van der Waals surface area contributed by atoms with E-state index in [0.29, 0.717) is 27.9 Å². The highest BCUT2D eigenvalue weighted by atomic mass is 35.5. The van der Waals surface area contributed by atoms with E-state index in [9.17, 15) is 14.8 Å². The summed E-state index contributed by atoms with van der Waals surface area (Å²) < 4.78 is 7.64. The van der Waals surface area contributed by atoms with Crippen molar-refractivity contribution in [3.63, 3.8) is 0 Å².